The van der Waals surface area contributed by atoms with E-state index in [1.54, 1.807) is 11.3 Å². The van der Waals surface area contributed by atoms with Gasteiger partial charge in [0.05, 0.1) is 4.88 Å². The molecule has 18 heavy (non-hydrogen) atoms. The highest BCUT2D eigenvalue weighted by molar-refractivity contribution is 9.09. The molecule has 1 amide bonds. The Morgan fingerprint density at radius 3 is 3.00 bits per heavy atom. The van der Waals surface area contributed by atoms with Gasteiger partial charge in [-0.3, -0.25) is 4.79 Å². The van der Waals surface area contributed by atoms with Crippen LogP contribution in [0.3, 0.4) is 0 Å². The molecule has 1 aromatic heterocycles. The molecule has 1 fully saturated rings. The summed E-state index contributed by atoms with van der Waals surface area (Å²) < 4.78 is 1.19. The van der Waals surface area contributed by atoms with Crippen molar-refractivity contribution >= 4 is 43.3 Å². The van der Waals surface area contributed by atoms with Crippen molar-refractivity contribution in [1.29, 1.82) is 0 Å². The number of fused-ring (bicyclic) bond motifs is 1. The molecule has 2 aromatic rings. The third-order valence-electron chi connectivity index (χ3n) is 3.29. The van der Waals surface area contributed by atoms with Crippen LogP contribution < -0.4 is 0 Å². The van der Waals surface area contributed by atoms with Gasteiger partial charge in [-0.1, -0.05) is 34.1 Å². The van der Waals surface area contributed by atoms with Gasteiger partial charge in [0.1, 0.15) is 0 Å². The highest BCUT2D eigenvalue weighted by Gasteiger charge is 2.23. The fraction of sp³-hybridized carbons (Fsp3) is 0.357. The van der Waals surface area contributed by atoms with Gasteiger partial charge in [0.25, 0.3) is 5.91 Å². The van der Waals surface area contributed by atoms with Crippen molar-refractivity contribution < 1.29 is 4.79 Å². The summed E-state index contributed by atoms with van der Waals surface area (Å²) in [4.78, 5) is 15.7. The number of carbonyl (C=O) groups excluding carboxylic acids is 1. The van der Waals surface area contributed by atoms with Gasteiger partial charge in [-0.2, -0.15) is 0 Å². The summed E-state index contributed by atoms with van der Waals surface area (Å²) in [6, 6.07) is 10.2. The van der Waals surface area contributed by atoms with Crippen molar-refractivity contribution in [1.82, 2.24) is 4.90 Å². The number of hydrogen-bond donors (Lipinski definition) is 0. The van der Waals surface area contributed by atoms with Gasteiger partial charge in [0.2, 0.25) is 0 Å². The highest BCUT2D eigenvalue weighted by atomic mass is 79.9. The molecular weight excluding hydrogens is 310 g/mol. The molecule has 1 atom stereocenters. The maximum atomic E-state index is 12.4. The number of nitrogens with zero attached hydrogens (tertiary/aromatic N) is 1. The average molecular weight is 324 g/mol. The minimum atomic E-state index is 0.181. The molecular formula is C14H14BrNOS. The van der Waals surface area contributed by atoms with Crippen LogP contribution in [0.15, 0.2) is 30.3 Å². The molecule has 1 aromatic carbocycles. The Morgan fingerprint density at radius 2 is 2.22 bits per heavy atom. The lowest BCUT2D eigenvalue weighted by Crippen LogP contribution is -2.39. The summed E-state index contributed by atoms with van der Waals surface area (Å²) in [5.41, 5.74) is 0. The summed E-state index contributed by atoms with van der Waals surface area (Å²) in [6.45, 7) is 1.71. The third-order valence-corrected chi connectivity index (χ3v) is 5.14. The molecule has 0 radical (unpaired) electrons. The molecule has 0 saturated carbocycles. The molecule has 1 unspecified atom stereocenters. The number of halogens is 1. The molecule has 2 heterocycles. The maximum Gasteiger partial charge on any atom is 0.263 e. The smallest absolute Gasteiger partial charge is 0.263 e. The van der Waals surface area contributed by atoms with E-state index in [0.717, 1.165) is 30.8 Å². The largest absolute Gasteiger partial charge is 0.337 e. The van der Waals surface area contributed by atoms with Crippen LogP contribution in [0.25, 0.3) is 10.1 Å². The average Bonchev–Trinajstić information content (AvgIpc) is 2.81. The van der Waals surface area contributed by atoms with Gasteiger partial charge >= 0.3 is 0 Å². The number of alkyl halides is 1. The predicted molar refractivity (Wildman–Crippen MR) is 79.7 cm³/mol. The van der Waals surface area contributed by atoms with Crippen molar-refractivity contribution in [3.63, 3.8) is 0 Å². The number of piperidine rings is 1. The van der Waals surface area contributed by atoms with Crippen molar-refractivity contribution in [2.75, 3.05) is 13.1 Å². The number of likely N-dealkylation sites (tertiary alicyclic amines) is 1. The van der Waals surface area contributed by atoms with E-state index < -0.39 is 0 Å². The minimum Gasteiger partial charge on any atom is -0.337 e. The number of hydrogen-bond acceptors (Lipinski definition) is 2. The number of carbonyl (C=O) groups is 1. The SMILES string of the molecule is O=C(c1cc2ccccc2s1)N1CCCC(Br)C1. The Hall–Kier alpha value is -0.870. The Kier molecular flexibility index (Phi) is 3.39. The van der Waals surface area contributed by atoms with Crippen molar-refractivity contribution in [2.45, 2.75) is 17.7 Å². The first-order chi connectivity index (χ1) is 8.74. The van der Waals surface area contributed by atoms with Crippen molar-refractivity contribution in [3.05, 3.63) is 35.2 Å². The second kappa shape index (κ2) is 5.02. The van der Waals surface area contributed by atoms with Crippen LogP contribution in [0.2, 0.25) is 0 Å². The van der Waals surface area contributed by atoms with Gasteiger partial charge in [0.15, 0.2) is 0 Å². The Morgan fingerprint density at radius 1 is 1.39 bits per heavy atom. The highest BCUT2D eigenvalue weighted by Crippen LogP contribution is 2.27. The minimum absolute atomic E-state index is 0.181. The zero-order chi connectivity index (χ0) is 12.5. The van der Waals surface area contributed by atoms with E-state index in [1.807, 2.05) is 23.1 Å². The molecule has 3 rings (SSSR count). The first kappa shape index (κ1) is 12.2. The first-order valence-electron chi connectivity index (χ1n) is 6.16. The monoisotopic (exact) mass is 323 g/mol. The van der Waals surface area contributed by atoms with E-state index in [4.69, 9.17) is 0 Å². The molecule has 1 aliphatic heterocycles. The molecule has 0 aliphatic carbocycles. The first-order valence-corrected chi connectivity index (χ1v) is 7.89. The Balaban J connectivity index is 1.87. The maximum absolute atomic E-state index is 12.4. The van der Waals surface area contributed by atoms with E-state index >= 15 is 0 Å². The summed E-state index contributed by atoms with van der Waals surface area (Å²) in [5, 5.41) is 1.17. The van der Waals surface area contributed by atoms with Crippen LogP contribution in [0.4, 0.5) is 0 Å². The van der Waals surface area contributed by atoms with Crippen LogP contribution in [0.1, 0.15) is 22.5 Å². The van der Waals surface area contributed by atoms with Gasteiger partial charge in [-0.25, -0.2) is 0 Å². The van der Waals surface area contributed by atoms with E-state index in [0.29, 0.717) is 4.83 Å². The van der Waals surface area contributed by atoms with E-state index in [1.165, 1.54) is 10.1 Å². The summed E-state index contributed by atoms with van der Waals surface area (Å²) in [5.74, 6) is 0.181. The lowest BCUT2D eigenvalue weighted by Gasteiger charge is -2.29. The molecule has 0 N–H and O–H groups in total. The topological polar surface area (TPSA) is 20.3 Å². The van der Waals surface area contributed by atoms with Crippen LogP contribution in [0.5, 0.6) is 0 Å². The standard InChI is InChI=1S/C14H14BrNOS/c15-11-5-3-7-16(9-11)14(17)13-8-10-4-1-2-6-12(10)18-13/h1-2,4,6,8,11H,3,5,7,9H2. The summed E-state index contributed by atoms with van der Waals surface area (Å²) in [7, 11) is 0. The summed E-state index contributed by atoms with van der Waals surface area (Å²) >= 11 is 5.21. The van der Waals surface area contributed by atoms with E-state index in [2.05, 4.69) is 28.1 Å². The molecule has 1 saturated heterocycles. The molecule has 94 valence electrons. The Bertz CT molecular complexity index is 547. The van der Waals surface area contributed by atoms with Gasteiger partial charge in [-0.05, 0) is 30.4 Å². The van der Waals surface area contributed by atoms with Gasteiger partial charge < -0.3 is 4.90 Å². The van der Waals surface area contributed by atoms with E-state index in [-0.39, 0.29) is 5.91 Å². The van der Waals surface area contributed by atoms with Crippen LogP contribution >= 0.6 is 27.3 Å². The zero-order valence-corrected chi connectivity index (χ0v) is 12.3. The molecule has 0 spiro atoms. The van der Waals surface area contributed by atoms with Crippen LogP contribution in [0, 0.1) is 0 Å². The second-order valence-electron chi connectivity index (χ2n) is 4.64. The van der Waals surface area contributed by atoms with Gasteiger partial charge in [-0.15, -0.1) is 11.3 Å². The quantitative estimate of drug-likeness (QED) is 0.729. The lowest BCUT2D eigenvalue weighted by atomic mass is 10.1. The van der Waals surface area contributed by atoms with Gasteiger partial charge in [0, 0.05) is 22.6 Å². The predicted octanol–water partition coefficient (Wildman–Crippen LogP) is 3.90. The van der Waals surface area contributed by atoms with E-state index in [9.17, 15) is 4.79 Å². The van der Waals surface area contributed by atoms with Crippen molar-refractivity contribution in [2.24, 2.45) is 0 Å². The molecule has 0 bridgehead atoms. The second-order valence-corrected chi connectivity index (χ2v) is 7.02. The number of thiophene rings is 1. The molecule has 2 nitrogen and oxygen atoms in total. The fourth-order valence-corrected chi connectivity index (χ4v) is 4.06. The van der Waals surface area contributed by atoms with Crippen LogP contribution in [-0.2, 0) is 0 Å². The number of benzene rings is 1. The Labute approximate surface area is 119 Å². The zero-order valence-electron chi connectivity index (χ0n) is 9.93. The molecule has 4 heteroatoms. The lowest BCUT2D eigenvalue weighted by molar-refractivity contribution is 0.0735. The number of rotatable bonds is 1. The summed E-state index contributed by atoms with van der Waals surface area (Å²) in [6.07, 6.45) is 2.25. The third kappa shape index (κ3) is 2.31. The molecule has 1 aliphatic rings. The number of amides is 1. The van der Waals surface area contributed by atoms with Crippen molar-refractivity contribution in [3.8, 4) is 0 Å². The normalized spacial score (nSPS) is 20.3. The van der Waals surface area contributed by atoms with Crippen LogP contribution in [-0.4, -0.2) is 28.7 Å². The fourth-order valence-electron chi connectivity index (χ4n) is 2.35.